The summed E-state index contributed by atoms with van der Waals surface area (Å²) in [5.41, 5.74) is 19.4. The maximum atomic E-state index is 13.6. The van der Waals surface area contributed by atoms with Gasteiger partial charge in [0.25, 0.3) is 0 Å². The van der Waals surface area contributed by atoms with Gasteiger partial charge in [0, 0.05) is 87.3 Å². The maximum absolute atomic E-state index is 13.6. The molecule has 6 aromatic rings. The van der Waals surface area contributed by atoms with E-state index < -0.39 is 23.5 Å². The highest BCUT2D eigenvalue weighted by molar-refractivity contribution is 5.78. The molecule has 0 saturated carbocycles. The Morgan fingerprint density at radius 1 is 0.522 bits per heavy atom. The standard InChI is InChI=1S/C27H31F3N4O.C26H28F4N4/c1-35-23-10-8-20(9-11-23)24-12-13-32-25(26(24)31)7-2-3-14-33-15-17-34(18-16-33)22-6-4-5-21(19-22)27(28,29)30;27-21-7-3-5-19(17-21)23-10-11-32-24(25(23)31)9-1-2-12-33-13-15-34(16-14-33)22-8-4-6-20(18-22)26(28,29)30/h4-6,8-13,19H,2-3,7,14-18,31H2,1H3;3-8,10-11,17-18H,1-2,9,12-16,31H2. The molecule has 2 saturated heterocycles. The van der Waals surface area contributed by atoms with Gasteiger partial charge in [-0.3, -0.25) is 19.8 Å². The molecule has 4 N–H and O–H groups in total. The largest absolute Gasteiger partial charge is 0.497 e. The van der Waals surface area contributed by atoms with E-state index in [1.165, 1.54) is 36.4 Å². The number of hydrogen-bond acceptors (Lipinski definition) is 9. The zero-order valence-electron chi connectivity index (χ0n) is 38.8. The summed E-state index contributed by atoms with van der Waals surface area (Å²) in [7, 11) is 1.64. The zero-order valence-corrected chi connectivity index (χ0v) is 38.8. The van der Waals surface area contributed by atoms with Crippen molar-refractivity contribution in [3.05, 3.63) is 150 Å². The molecular formula is C53H59F7N8O. The van der Waals surface area contributed by atoms with Crippen molar-refractivity contribution in [2.75, 3.05) is 93.8 Å². The Kier molecular flexibility index (Phi) is 17.0. The number of nitrogens with two attached hydrogens (primary N) is 2. The second-order valence-electron chi connectivity index (χ2n) is 17.3. The van der Waals surface area contributed by atoms with Crippen LogP contribution in [0.15, 0.2) is 122 Å². The molecule has 2 aliphatic rings. The summed E-state index contributed by atoms with van der Waals surface area (Å²) in [5, 5.41) is 0. The van der Waals surface area contributed by atoms with Crippen LogP contribution in [0.25, 0.3) is 22.3 Å². The van der Waals surface area contributed by atoms with Crippen LogP contribution in [0.2, 0.25) is 0 Å². The summed E-state index contributed by atoms with van der Waals surface area (Å²) < 4.78 is 96.8. The van der Waals surface area contributed by atoms with E-state index in [1.54, 1.807) is 43.8 Å². The molecule has 2 aromatic heterocycles. The van der Waals surface area contributed by atoms with Crippen molar-refractivity contribution in [1.29, 1.82) is 0 Å². The first-order valence-electron chi connectivity index (χ1n) is 23.3. The highest BCUT2D eigenvalue weighted by Gasteiger charge is 2.32. The van der Waals surface area contributed by atoms with Gasteiger partial charge in [0.15, 0.2) is 0 Å². The van der Waals surface area contributed by atoms with Gasteiger partial charge in [-0.15, -0.1) is 0 Å². The Morgan fingerprint density at radius 2 is 0.971 bits per heavy atom. The summed E-state index contributed by atoms with van der Waals surface area (Å²) in [6, 6.07) is 29.1. The lowest BCUT2D eigenvalue weighted by atomic mass is 10.0. The molecule has 9 nitrogen and oxygen atoms in total. The van der Waals surface area contributed by atoms with Crippen molar-refractivity contribution in [3.63, 3.8) is 0 Å². The molecule has 4 aromatic carbocycles. The number of ether oxygens (including phenoxy) is 1. The lowest BCUT2D eigenvalue weighted by molar-refractivity contribution is -0.138. The number of aromatic nitrogens is 2. The van der Waals surface area contributed by atoms with Crippen molar-refractivity contribution >= 4 is 22.7 Å². The number of hydrogen-bond donors (Lipinski definition) is 2. The molecule has 0 amide bonds. The average molecular weight is 957 g/mol. The summed E-state index contributed by atoms with van der Waals surface area (Å²) in [6.07, 6.45) is 0.272. The van der Waals surface area contributed by atoms with Gasteiger partial charge < -0.3 is 26.0 Å². The van der Waals surface area contributed by atoms with Crippen LogP contribution in [0.3, 0.4) is 0 Å². The molecule has 0 spiro atoms. The fourth-order valence-corrected chi connectivity index (χ4v) is 8.83. The predicted octanol–water partition coefficient (Wildman–Crippen LogP) is 11.1. The minimum Gasteiger partial charge on any atom is -0.497 e. The summed E-state index contributed by atoms with van der Waals surface area (Å²) in [4.78, 5) is 17.7. The smallest absolute Gasteiger partial charge is 0.416 e. The summed E-state index contributed by atoms with van der Waals surface area (Å²) >= 11 is 0. The van der Waals surface area contributed by atoms with Crippen molar-refractivity contribution in [2.45, 2.75) is 50.9 Å². The third kappa shape index (κ3) is 13.9. The molecule has 0 atom stereocenters. The lowest BCUT2D eigenvalue weighted by Gasteiger charge is -2.36. The van der Waals surface area contributed by atoms with Gasteiger partial charge in [-0.25, -0.2) is 4.39 Å². The Balaban J connectivity index is 0.000000204. The van der Waals surface area contributed by atoms with Gasteiger partial charge in [-0.2, -0.15) is 26.3 Å². The molecule has 0 bridgehead atoms. The predicted molar refractivity (Wildman–Crippen MR) is 261 cm³/mol. The van der Waals surface area contributed by atoms with E-state index in [9.17, 15) is 30.7 Å². The normalized spacial score (nSPS) is 14.9. The fourth-order valence-electron chi connectivity index (χ4n) is 8.83. The van der Waals surface area contributed by atoms with E-state index in [-0.39, 0.29) is 5.82 Å². The topological polar surface area (TPSA) is 100 Å². The minimum absolute atomic E-state index is 0.302. The first-order valence-corrected chi connectivity index (χ1v) is 23.3. The first-order chi connectivity index (χ1) is 33.2. The van der Waals surface area contributed by atoms with Crippen LogP contribution in [-0.4, -0.2) is 92.3 Å². The van der Waals surface area contributed by atoms with Crippen molar-refractivity contribution in [3.8, 4) is 28.0 Å². The maximum Gasteiger partial charge on any atom is 0.416 e. The van der Waals surface area contributed by atoms with Crippen LogP contribution >= 0.6 is 0 Å². The average Bonchev–Trinajstić information content (AvgIpc) is 3.35. The molecule has 2 aliphatic heterocycles. The summed E-state index contributed by atoms with van der Waals surface area (Å²) in [6.45, 7) is 8.01. The van der Waals surface area contributed by atoms with Gasteiger partial charge in [-0.1, -0.05) is 36.4 Å². The SMILES string of the molecule is COc1ccc(-c2ccnc(CCCCN3CCN(c4cccc(C(F)(F)F)c4)CC3)c2N)cc1.Nc1c(-c2cccc(F)c2)ccnc1CCCCN1CCN(c2cccc(C(F)(F)F)c2)CC1. The number of halogens is 7. The van der Waals surface area contributed by atoms with Crippen LogP contribution in [0, 0.1) is 5.82 Å². The molecule has 0 aliphatic carbocycles. The van der Waals surface area contributed by atoms with E-state index in [2.05, 4.69) is 19.8 Å². The van der Waals surface area contributed by atoms with E-state index in [1.807, 2.05) is 46.2 Å². The van der Waals surface area contributed by atoms with Crippen LogP contribution in [0.1, 0.15) is 48.2 Å². The molecule has 2 fully saturated rings. The van der Waals surface area contributed by atoms with Crippen LogP contribution < -0.4 is 26.0 Å². The third-order valence-electron chi connectivity index (χ3n) is 12.8. The van der Waals surface area contributed by atoms with E-state index in [4.69, 9.17) is 16.2 Å². The molecular weight excluding hydrogens is 898 g/mol. The highest BCUT2D eigenvalue weighted by atomic mass is 19.4. The Bertz CT molecular complexity index is 2570. The number of piperazine rings is 2. The Labute approximate surface area is 399 Å². The number of anilines is 4. The quantitative estimate of drug-likeness (QED) is 0.0770. The second-order valence-corrected chi connectivity index (χ2v) is 17.3. The highest BCUT2D eigenvalue weighted by Crippen LogP contribution is 2.34. The summed E-state index contributed by atoms with van der Waals surface area (Å²) in [5.74, 6) is 0.501. The fraction of sp³-hybridized carbons (Fsp3) is 0.358. The Hall–Kier alpha value is -6.39. The molecule has 69 heavy (non-hydrogen) atoms. The number of alkyl halides is 6. The monoisotopic (exact) mass is 956 g/mol. The van der Waals surface area contributed by atoms with Crippen LogP contribution in [0.4, 0.5) is 53.5 Å². The molecule has 0 unspecified atom stereocenters. The van der Waals surface area contributed by atoms with Gasteiger partial charge >= 0.3 is 12.4 Å². The number of rotatable bonds is 15. The van der Waals surface area contributed by atoms with Gasteiger partial charge in [0.2, 0.25) is 0 Å². The first kappa shape index (κ1) is 50.5. The third-order valence-corrected chi connectivity index (χ3v) is 12.8. The number of methoxy groups -OCH3 is 1. The van der Waals surface area contributed by atoms with E-state index in [0.717, 1.165) is 142 Å². The molecule has 4 heterocycles. The lowest BCUT2D eigenvalue weighted by Crippen LogP contribution is -2.46. The van der Waals surface area contributed by atoms with Crippen molar-refractivity contribution in [1.82, 2.24) is 19.8 Å². The number of nitrogens with zero attached hydrogens (tertiary/aromatic N) is 6. The van der Waals surface area contributed by atoms with E-state index >= 15 is 0 Å². The zero-order chi connectivity index (χ0) is 49.0. The number of nitrogen functional groups attached to an aromatic ring is 2. The minimum atomic E-state index is -4.33. The van der Waals surface area contributed by atoms with Crippen molar-refractivity contribution in [2.24, 2.45) is 0 Å². The molecule has 366 valence electrons. The van der Waals surface area contributed by atoms with Gasteiger partial charge in [0.1, 0.15) is 11.6 Å². The van der Waals surface area contributed by atoms with Gasteiger partial charge in [0.05, 0.1) is 41.0 Å². The van der Waals surface area contributed by atoms with Gasteiger partial charge in [-0.05, 0) is 136 Å². The Morgan fingerprint density at radius 3 is 1.41 bits per heavy atom. The number of pyridine rings is 2. The van der Waals surface area contributed by atoms with E-state index in [0.29, 0.717) is 35.8 Å². The number of aryl methyl sites for hydroxylation is 2. The molecule has 8 rings (SSSR count). The van der Waals surface area contributed by atoms with Crippen molar-refractivity contribution < 1.29 is 35.5 Å². The number of benzene rings is 4. The van der Waals surface area contributed by atoms with Crippen LogP contribution in [-0.2, 0) is 25.2 Å². The number of unbranched alkanes of at least 4 members (excludes halogenated alkanes) is 2. The molecule has 16 heteroatoms. The molecule has 0 radical (unpaired) electrons. The second kappa shape index (κ2) is 23.3. The van der Waals surface area contributed by atoms with Crippen LogP contribution in [0.5, 0.6) is 5.75 Å².